The molecule has 1 aromatic heterocycles. The molecule has 0 bridgehead atoms. The monoisotopic (exact) mass is 762 g/mol. The Bertz CT molecular complexity index is 3540. The van der Waals surface area contributed by atoms with Crippen LogP contribution in [-0.4, -0.2) is 9.55 Å². The fourth-order valence-electron chi connectivity index (χ4n) is 9.81. The summed E-state index contributed by atoms with van der Waals surface area (Å²) in [5, 5.41) is 12.6. The van der Waals surface area contributed by atoms with Gasteiger partial charge in [-0.2, -0.15) is 0 Å². The summed E-state index contributed by atoms with van der Waals surface area (Å²) in [5.41, 5.74) is 13.0. The van der Waals surface area contributed by atoms with Gasteiger partial charge in [0.15, 0.2) is 0 Å². The highest BCUT2D eigenvalue weighted by Gasteiger charge is 2.19. The number of hydrogen-bond donors (Lipinski definition) is 0. The molecule has 1 heterocycles. The molecule has 0 saturated heterocycles. The van der Waals surface area contributed by atoms with Crippen molar-refractivity contribution in [2.45, 2.75) is 6.92 Å². The Kier molecular flexibility index (Phi) is 7.79. The second kappa shape index (κ2) is 13.7. The summed E-state index contributed by atoms with van der Waals surface area (Å²) in [6, 6.07) is 77.4. The molecule has 0 amide bonds. The van der Waals surface area contributed by atoms with E-state index in [0.717, 1.165) is 28.1 Å². The Balaban J connectivity index is 0.992. The maximum atomic E-state index is 5.14. The van der Waals surface area contributed by atoms with Crippen LogP contribution in [0.5, 0.6) is 0 Å². The van der Waals surface area contributed by atoms with Gasteiger partial charge in [0.05, 0.1) is 11.0 Å². The number of hydrogen-bond acceptors (Lipinski definition) is 1. The summed E-state index contributed by atoms with van der Waals surface area (Å²) in [5.74, 6) is 0.933. The minimum Gasteiger partial charge on any atom is -0.292 e. The van der Waals surface area contributed by atoms with Crippen molar-refractivity contribution < 1.29 is 0 Å². The Morgan fingerprint density at radius 2 is 0.717 bits per heavy atom. The Hall–Kier alpha value is -7.81. The zero-order chi connectivity index (χ0) is 39.7. The molecule has 0 fully saturated rings. The van der Waals surface area contributed by atoms with Gasteiger partial charge in [0.2, 0.25) is 0 Å². The first-order valence-electron chi connectivity index (χ1n) is 20.7. The van der Waals surface area contributed by atoms with Crippen LogP contribution >= 0.6 is 0 Å². The van der Waals surface area contributed by atoms with Gasteiger partial charge in [-0.1, -0.05) is 176 Å². The van der Waals surface area contributed by atoms with Gasteiger partial charge in [0.1, 0.15) is 5.82 Å². The number of aryl methyl sites for hydroxylation is 1. The third-order valence-electron chi connectivity index (χ3n) is 12.6. The van der Waals surface area contributed by atoms with E-state index < -0.39 is 0 Å². The predicted molar refractivity (Wildman–Crippen MR) is 255 cm³/mol. The fourth-order valence-corrected chi connectivity index (χ4v) is 9.81. The van der Waals surface area contributed by atoms with Crippen LogP contribution in [0, 0.1) is 6.92 Å². The number of fused-ring (bicyclic) bond motifs is 6. The molecular formula is C58H38N2. The van der Waals surface area contributed by atoms with E-state index in [4.69, 9.17) is 4.98 Å². The molecule has 12 aromatic rings. The first-order valence-corrected chi connectivity index (χ1v) is 20.7. The molecule has 2 nitrogen and oxygen atoms in total. The molecule has 0 N–H and O–H groups in total. The number of aromatic nitrogens is 2. The van der Waals surface area contributed by atoms with Crippen molar-refractivity contribution in [3.63, 3.8) is 0 Å². The number of para-hydroxylation sites is 3. The number of benzene rings is 11. The SMILES string of the molecule is Cc1c2ccccc2c(-c2ccc3cc(-c4c5ccccc5c(-c5ccc(-c6nc7ccccc7n6-c6ccccc6)cc5)c5ccccc45)ccc3c2)c2ccccc12. The van der Waals surface area contributed by atoms with Gasteiger partial charge >= 0.3 is 0 Å². The van der Waals surface area contributed by atoms with Crippen molar-refractivity contribution in [1.82, 2.24) is 9.55 Å². The first kappa shape index (κ1) is 34.3. The summed E-state index contributed by atoms with van der Waals surface area (Å²) in [4.78, 5) is 5.14. The second-order valence-electron chi connectivity index (χ2n) is 15.9. The van der Waals surface area contributed by atoms with Gasteiger partial charge in [-0.15, -0.1) is 0 Å². The van der Waals surface area contributed by atoms with Crippen LogP contribution in [0.3, 0.4) is 0 Å². The standard InChI is InChI=1S/C58H38N2/c1-37-45-17-5-7-19-47(45)56(48-20-8-6-18-46(37)48)42-33-31-41-36-43(34-32-40(41)35-42)57-51-23-11-9-21-49(51)55(50-22-10-12-24-52(50)57)38-27-29-39(30-28-38)58-59-53-25-13-14-26-54(53)60(58)44-15-3-2-4-16-44/h2-36H,1H3. The van der Waals surface area contributed by atoms with Crippen LogP contribution in [-0.2, 0) is 0 Å². The van der Waals surface area contributed by atoms with Gasteiger partial charge < -0.3 is 0 Å². The van der Waals surface area contributed by atoms with Crippen LogP contribution in [0.4, 0.5) is 0 Å². The maximum Gasteiger partial charge on any atom is 0.145 e. The van der Waals surface area contributed by atoms with E-state index in [1.54, 1.807) is 0 Å². The van der Waals surface area contributed by atoms with Crippen LogP contribution in [0.1, 0.15) is 5.56 Å². The minimum atomic E-state index is 0.933. The van der Waals surface area contributed by atoms with E-state index in [1.807, 2.05) is 0 Å². The molecule has 0 unspecified atom stereocenters. The Labute approximate surface area is 348 Å². The minimum absolute atomic E-state index is 0.933. The molecule has 0 atom stereocenters. The van der Waals surface area contributed by atoms with Gasteiger partial charge in [-0.05, 0) is 136 Å². The van der Waals surface area contributed by atoms with Crippen molar-refractivity contribution in [3.8, 4) is 50.5 Å². The maximum absolute atomic E-state index is 5.14. The van der Waals surface area contributed by atoms with Gasteiger partial charge in [0, 0.05) is 11.3 Å². The molecule has 12 rings (SSSR count). The largest absolute Gasteiger partial charge is 0.292 e. The zero-order valence-corrected chi connectivity index (χ0v) is 33.1. The smallest absolute Gasteiger partial charge is 0.145 e. The highest BCUT2D eigenvalue weighted by Crippen LogP contribution is 2.45. The Morgan fingerprint density at radius 1 is 0.333 bits per heavy atom. The number of imidazole rings is 1. The molecule has 60 heavy (non-hydrogen) atoms. The third-order valence-corrected chi connectivity index (χ3v) is 12.6. The van der Waals surface area contributed by atoms with Gasteiger partial charge in [-0.25, -0.2) is 4.98 Å². The average Bonchev–Trinajstić information content (AvgIpc) is 3.71. The lowest BCUT2D eigenvalue weighted by Crippen LogP contribution is -1.97. The second-order valence-corrected chi connectivity index (χ2v) is 15.9. The molecule has 0 saturated carbocycles. The van der Waals surface area contributed by atoms with Crippen molar-refractivity contribution in [1.29, 1.82) is 0 Å². The Morgan fingerprint density at radius 3 is 1.23 bits per heavy atom. The van der Waals surface area contributed by atoms with Crippen molar-refractivity contribution >= 4 is 64.9 Å². The summed E-state index contributed by atoms with van der Waals surface area (Å²) >= 11 is 0. The number of rotatable bonds is 5. The summed E-state index contributed by atoms with van der Waals surface area (Å²) < 4.78 is 2.26. The van der Waals surface area contributed by atoms with Crippen molar-refractivity contribution in [2.24, 2.45) is 0 Å². The van der Waals surface area contributed by atoms with Crippen molar-refractivity contribution in [2.75, 3.05) is 0 Å². The lowest BCUT2D eigenvalue weighted by Gasteiger charge is -2.18. The van der Waals surface area contributed by atoms with Crippen LogP contribution < -0.4 is 0 Å². The van der Waals surface area contributed by atoms with Crippen molar-refractivity contribution in [3.05, 3.63) is 218 Å². The zero-order valence-electron chi connectivity index (χ0n) is 33.1. The molecule has 0 spiro atoms. The topological polar surface area (TPSA) is 17.8 Å². The first-order chi connectivity index (χ1) is 29.7. The molecule has 11 aromatic carbocycles. The third kappa shape index (κ3) is 5.31. The number of nitrogens with zero attached hydrogens (tertiary/aromatic N) is 2. The van der Waals surface area contributed by atoms with E-state index in [-0.39, 0.29) is 0 Å². The molecule has 2 heteroatoms. The molecule has 0 aliphatic heterocycles. The molecule has 280 valence electrons. The highest BCUT2D eigenvalue weighted by molar-refractivity contribution is 6.22. The van der Waals surface area contributed by atoms with Crippen LogP contribution in [0.25, 0.3) is 115 Å². The van der Waals surface area contributed by atoms with Crippen LogP contribution in [0.2, 0.25) is 0 Å². The predicted octanol–water partition coefficient (Wildman–Crippen LogP) is 15.8. The van der Waals surface area contributed by atoms with E-state index >= 15 is 0 Å². The van der Waals surface area contributed by atoms with E-state index in [0.29, 0.717) is 0 Å². The van der Waals surface area contributed by atoms with Crippen LogP contribution in [0.15, 0.2) is 212 Å². The van der Waals surface area contributed by atoms with E-state index in [1.165, 1.54) is 92.8 Å². The molecule has 0 aliphatic rings. The fraction of sp³-hybridized carbons (Fsp3) is 0.0172. The lowest BCUT2D eigenvalue weighted by atomic mass is 9.85. The van der Waals surface area contributed by atoms with E-state index in [2.05, 4.69) is 224 Å². The van der Waals surface area contributed by atoms with Gasteiger partial charge in [-0.3, -0.25) is 4.57 Å². The quantitative estimate of drug-likeness (QED) is 0.160. The normalized spacial score (nSPS) is 11.8. The molecular weight excluding hydrogens is 725 g/mol. The highest BCUT2D eigenvalue weighted by atomic mass is 15.1. The molecule has 0 radical (unpaired) electrons. The molecule has 0 aliphatic carbocycles. The summed E-state index contributed by atoms with van der Waals surface area (Å²) in [7, 11) is 0. The van der Waals surface area contributed by atoms with Gasteiger partial charge in [0.25, 0.3) is 0 Å². The average molecular weight is 763 g/mol. The summed E-state index contributed by atoms with van der Waals surface area (Å²) in [6.45, 7) is 2.25. The lowest BCUT2D eigenvalue weighted by molar-refractivity contribution is 1.10. The summed E-state index contributed by atoms with van der Waals surface area (Å²) in [6.07, 6.45) is 0. The van der Waals surface area contributed by atoms with E-state index in [9.17, 15) is 0 Å².